The molecule has 0 amide bonds. The molecule has 114 valence electrons. The molecule has 0 saturated carbocycles. The van der Waals surface area contributed by atoms with Crippen LogP contribution in [0.2, 0.25) is 0 Å². The first-order valence-electron chi connectivity index (χ1n) is 6.61. The van der Waals surface area contributed by atoms with Crippen LogP contribution in [0.4, 0.5) is 0 Å². The Labute approximate surface area is 116 Å². The molecular weight excluding hydrogens is 268 g/mol. The average Bonchev–Trinajstić information content (AvgIpc) is 2.34. The highest BCUT2D eigenvalue weighted by Gasteiger charge is 2.28. The Balaban J connectivity index is 4.96. The maximum Gasteiger partial charge on any atom is 0.306 e. The molecule has 0 rings (SSSR count). The topological polar surface area (TPSA) is 66.9 Å². The second-order valence-corrected chi connectivity index (χ2v) is 6.60. The van der Waals surface area contributed by atoms with E-state index in [4.69, 9.17) is 0 Å². The van der Waals surface area contributed by atoms with Crippen LogP contribution in [-0.4, -0.2) is 56.3 Å². The van der Waals surface area contributed by atoms with E-state index in [2.05, 4.69) is 4.74 Å². The molecule has 0 fully saturated rings. The van der Waals surface area contributed by atoms with Crippen LogP contribution in [0.15, 0.2) is 0 Å². The molecule has 0 aromatic heterocycles. The summed E-state index contributed by atoms with van der Waals surface area (Å²) in [4.78, 5) is 11.2. The Morgan fingerprint density at radius 2 is 1.68 bits per heavy atom. The molecule has 0 aliphatic heterocycles. The van der Waals surface area contributed by atoms with Gasteiger partial charge < -0.3 is 4.74 Å². The smallest absolute Gasteiger partial charge is 0.306 e. The van der Waals surface area contributed by atoms with Crippen LogP contribution < -0.4 is 0 Å². The van der Waals surface area contributed by atoms with Gasteiger partial charge in [0.2, 0.25) is 0 Å². The maximum absolute atomic E-state index is 12.4. The third-order valence-electron chi connectivity index (χ3n) is 2.72. The highest BCUT2D eigenvalue weighted by Crippen LogP contribution is 2.12. The minimum absolute atomic E-state index is 0.0731. The van der Waals surface area contributed by atoms with Crippen molar-refractivity contribution >= 4 is 16.2 Å². The first-order valence-corrected chi connectivity index (χ1v) is 8.01. The standard InChI is InChI=1S/C12H26N2O4S/c1-6-13(7-2)19(16,17)14(10-11(3)4)9-8-12(15)18-5/h11H,6-10H2,1-5H3. The molecule has 0 aliphatic rings. The quantitative estimate of drug-likeness (QED) is 0.597. The molecule has 0 radical (unpaired) electrons. The van der Waals surface area contributed by atoms with Crippen LogP contribution in [-0.2, 0) is 19.7 Å². The number of methoxy groups -OCH3 is 1. The van der Waals surface area contributed by atoms with E-state index in [1.807, 2.05) is 13.8 Å². The molecule has 0 aliphatic carbocycles. The Morgan fingerprint density at radius 1 is 1.16 bits per heavy atom. The van der Waals surface area contributed by atoms with Crippen molar-refractivity contribution < 1.29 is 17.9 Å². The molecule has 0 atom stereocenters. The predicted molar refractivity (Wildman–Crippen MR) is 74.9 cm³/mol. The van der Waals surface area contributed by atoms with Crippen molar-refractivity contribution in [1.29, 1.82) is 0 Å². The van der Waals surface area contributed by atoms with Gasteiger partial charge in [-0.05, 0) is 5.92 Å². The van der Waals surface area contributed by atoms with Gasteiger partial charge in [0.25, 0.3) is 10.2 Å². The van der Waals surface area contributed by atoms with Gasteiger partial charge in [-0.15, -0.1) is 0 Å². The van der Waals surface area contributed by atoms with Crippen molar-refractivity contribution in [2.75, 3.05) is 33.3 Å². The van der Waals surface area contributed by atoms with E-state index in [1.54, 1.807) is 13.8 Å². The van der Waals surface area contributed by atoms with Crippen molar-refractivity contribution in [2.24, 2.45) is 5.92 Å². The average molecular weight is 294 g/mol. The summed E-state index contributed by atoms with van der Waals surface area (Å²) in [5.74, 6) is -0.202. The van der Waals surface area contributed by atoms with E-state index < -0.39 is 16.2 Å². The zero-order valence-corrected chi connectivity index (χ0v) is 13.4. The molecule has 19 heavy (non-hydrogen) atoms. The van der Waals surface area contributed by atoms with Crippen LogP contribution in [0.3, 0.4) is 0 Å². The highest BCUT2D eigenvalue weighted by molar-refractivity contribution is 7.86. The molecule has 0 aromatic rings. The molecule has 0 bridgehead atoms. The molecular formula is C12H26N2O4S. The van der Waals surface area contributed by atoms with Gasteiger partial charge in [0.1, 0.15) is 0 Å². The van der Waals surface area contributed by atoms with Gasteiger partial charge in [0, 0.05) is 26.2 Å². The SMILES string of the molecule is CCN(CC)S(=O)(=O)N(CCC(=O)OC)CC(C)C. The van der Waals surface area contributed by atoms with E-state index in [-0.39, 0.29) is 18.9 Å². The fourth-order valence-electron chi connectivity index (χ4n) is 1.74. The number of hydrogen-bond acceptors (Lipinski definition) is 4. The lowest BCUT2D eigenvalue weighted by atomic mass is 10.2. The summed E-state index contributed by atoms with van der Waals surface area (Å²) >= 11 is 0. The van der Waals surface area contributed by atoms with Gasteiger partial charge >= 0.3 is 5.97 Å². The summed E-state index contributed by atoms with van der Waals surface area (Å²) in [5, 5.41) is 0. The normalized spacial score (nSPS) is 12.4. The summed E-state index contributed by atoms with van der Waals surface area (Å²) in [7, 11) is -2.20. The fraction of sp³-hybridized carbons (Fsp3) is 0.917. The molecule has 6 nitrogen and oxygen atoms in total. The van der Waals surface area contributed by atoms with Crippen LogP contribution in [0.5, 0.6) is 0 Å². The van der Waals surface area contributed by atoms with Gasteiger partial charge in [-0.25, -0.2) is 0 Å². The van der Waals surface area contributed by atoms with Crippen molar-refractivity contribution in [2.45, 2.75) is 34.1 Å². The van der Waals surface area contributed by atoms with Gasteiger partial charge in [-0.1, -0.05) is 27.7 Å². The summed E-state index contributed by atoms with van der Waals surface area (Å²) in [5.41, 5.74) is 0. The third-order valence-corrected chi connectivity index (χ3v) is 4.87. The monoisotopic (exact) mass is 294 g/mol. The number of nitrogens with zero attached hydrogens (tertiary/aromatic N) is 2. The molecule has 0 spiro atoms. The molecule has 0 unspecified atom stereocenters. The molecule has 0 aromatic carbocycles. The Kier molecular flexibility index (Phi) is 8.20. The Morgan fingerprint density at radius 3 is 2.05 bits per heavy atom. The minimum Gasteiger partial charge on any atom is -0.469 e. The van der Waals surface area contributed by atoms with Crippen LogP contribution in [0.25, 0.3) is 0 Å². The van der Waals surface area contributed by atoms with Crippen molar-refractivity contribution in [3.05, 3.63) is 0 Å². The van der Waals surface area contributed by atoms with Crippen molar-refractivity contribution in [1.82, 2.24) is 8.61 Å². The highest BCUT2D eigenvalue weighted by atomic mass is 32.2. The van der Waals surface area contributed by atoms with Crippen LogP contribution >= 0.6 is 0 Å². The number of carbonyl (C=O) groups excluding carboxylic acids is 1. The summed E-state index contributed by atoms with van der Waals surface area (Å²) in [6.07, 6.45) is 0.0731. The van der Waals surface area contributed by atoms with Gasteiger partial charge in [-0.3, -0.25) is 4.79 Å². The minimum atomic E-state index is -3.50. The summed E-state index contributed by atoms with van der Waals surface area (Å²) in [6, 6.07) is 0. The number of carbonyl (C=O) groups is 1. The van der Waals surface area contributed by atoms with E-state index in [0.717, 1.165) is 0 Å². The second kappa shape index (κ2) is 8.50. The maximum atomic E-state index is 12.4. The molecule has 0 heterocycles. The lowest BCUT2D eigenvalue weighted by Crippen LogP contribution is -2.45. The van der Waals surface area contributed by atoms with Gasteiger partial charge in [0.05, 0.1) is 13.5 Å². The van der Waals surface area contributed by atoms with Crippen LogP contribution in [0.1, 0.15) is 34.1 Å². The zero-order valence-electron chi connectivity index (χ0n) is 12.5. The van der Waals surface area contributed by atoms with E-state index in [0.29, 0.717) is 19.6 Å². The predicted octanol–water partition coefficient (Wildman–Crippen LogP) is 1.09. The largest absolute Gasteiger partial charge is 0.469 e. The molecule has 0 saturated heterocycles. The number of rotatable bonds is 9. The number of esters is 1. The fourth-order valence-corrected chi connectivity index (χ4v) is 3.53. The summed E-state index contributed by atoms with van der Waals surface area (Å²) < 4.78 is 32.2. The molecule has 7 heteroatoms. The Hall–Kier alpha value is -0.660. The zero-order chi connectivity index (χ0) is 15.1. The van der Waals surface area contributed by atoms with E-state index in [1.165, 1.54) is 15.7 Å². The lowest BCUT2D eigenvalue weighted by Gasteiger charge is -2.29. The van der Waals surface area contributed by atoms with E-state index >= 15 is 0 Å². The van der Waals surface area contributed by atoms with Gasteiger partial charge in [0.15, 0.2) is 0 Å². The Bertz CT molecular complexity index is 364. The van der Waals surface area contributed by atoms with Crippen molar-refractivity contribution in [3.8, 4) is 0 Å². The molecule has 0 N–H and O–H groups in total. The van der Waals surface area contributed by atoms with E-state index in [9.17, 15) is 13.2 Å². The third kappa shape index (κ3) is 5.88. The van der Waals surface area contributed by atoms with Gasteiger partial charge in [-0.2, -0.15) is 17.0 Å². The lowest BCUT2D eigenvalue weighted by molar-refractivity contribution is -0.140. The number of ether oxygens (including phenoxy) is 1. The van der Waals surface area contributed by atoms with Crippen LogP contribution in [0, 0.1) is 5.92 Å². The second-order valence-electron chi connectivity index (χ2n) is 4.67. The summed E-state index contributed by atoms with van der Waals surface area (Å²) in [6.45, 7) is 8.90. The first kappa shape index (κ1) is 18.3. The van der Waals surface area contributed by atoms with Crippen molar-refractivity contribution in [3.63, 3.8) is 0 Å². The first-order chi connectivity index (χ1) is 8.79. The number of hydrogen-bond donors (Lipinski definition) is 0.